The van der Waals surface area contributed by atoms with Crippen LogP contribution in [0.2, 0.25) is 0 Å². The van der Waals surface area contributed by atoms with Crippen molar-refractivity contribution in [2.24, 2.45) is 0 Å². The lowest BCUT2D eigenvalue weighted by molar-refractivity contribution is -0.116. The van der Waals surface area contributed by atoms with Gasteiger partial charge in [0.1, 0.15) is 5.75 Å². The summed E-state index contributed by atoms with van der Waals surface area (Å²) in [5.41, 5.74) is 2.23. The van der Waals surface area contributed by atoms with Gasteiger partial charge in [0.15, 0.2) is 0 Å². The number of urea groups is 1. The molecule has 4 N–H and O–H groups in total. The van der Waals surface area contributed by atoms with E-state index < -0.39 is 0 Å². The minimum absolute atomic E-state index is 0.109. The summed E-state index contributed by atoms with van der Waals surface area (Å²) in [5.74, 6) is 0.0213. The molecule has 0 aliphatic rings. The van der Waals surface area contributed by atoms with E-state index in [1.165, 1.54) is 7.11 Å². The summed E-state index contributed by atoms with van der Waals surface area (Å²) in [6.07, 6.45) is 0.109. The number of nitrogens with one attached hydrogen (secondary N) is 4. The van der Waals surface area contributed by atoms with Gasteiger partial charge in [-0.05, 0) is 48.5 Å². The van der Waals surface area contributed by atoms with E-state index in [1.54, 1.807) is 54.6 Å². The van der Waals surface area contributed by atoms with E-state index in [0.717, 1.165) is 0 Å². The van der Waals surface area contributed by atoms with Crippen molar-refractivity contribution in [1.29, 1.82) is 0 Å². The number of ether oxygens (including phenoxy) is 1. The molecule has 0 bridgehead atoms. The van der Waals surface area contributed by atoms with Gasteiger partial charge in [-0.1, -0.05) is 30.3 Å². The summed E-state index contributed by atoms with van der Waals surface area (Å²) in [6, 6.07) is 22.3. The molecule has 0 atom stereocenters. The zero-order valence-corrected chi connectivity index (χ0v) is 17.6. The highest BCUT2D eigenvalue weighted by Crippen LogP contribution is 2.23. The highest BCUT2D eigenvalue weighted by molar-refractivity contribution is 6.05. The normalized spacial score (nSPS) is 10.0. The van der Waals surface area contributed by atoms with Crippen LogP contribution in [0.15, 0.2) is 78.9 Å². The lowest BCUT2D eigenvalue weighted by Crippen LogP contribution is -2.31. The van der Waals surface area contributed by atoms with E-state index >= 15 is 0 Å². The van der Waals surface area contributed by atoms with Gasteiger partial charge in [-0.3, -0.25) is 9.59 Å². The molecular formula is C24H24N4O4. The van der Waals surface area contributed by atoms with Gasteiger partial charge in [0, 0.05) is 29.9 Å². The van der Waals surface area contributed by atoms with E-state index in [0.29, 0.717) is 28.4 Å². The molecule has 3 aromatic carbocycles. The van der Waals surface area contributed by atoms with Crippen LogP contribution in [0.3, 0.4) is 0 Å². The van der Waals surface area contributed by atoms with Crippen LogP contribution < -0.4 is 26.0 Å². The van der Waals surface area contributed by atoms with Crippen molar-refractivity contribution >= 4 is 34.9 Å². The van der Waals surface area contributed by atoms with Crippen molar-refractivity contribution in [2.75, 3.05) is 29.6 Å². The number of amides is 4. The molecule has 0 aromatic heterocycles. The third-order valence-corrected chi connectivity index (χ3v) is 4.46. The quantitative estimate of drug-likeness (QED) is 0.430. The molecule has 4 amide bonds. The minimum Gasteiger partial charge on any atom is -0.495 e. The standard InChI is InChI=1S/C24H24N4O4/c1-32-21-10-6-5-9-20(21)28-23(30)17-11-13-19(14-12-17)26-22(29)15-16-25-24(31)27-18-7-3-2-4-8-18/h2-14H,15-16H2,1H3,(H,26,29)(H,28,30)(H2,25,27,31). The Hall–Kier alpha value is -4.33. The molecule has 164 valence electrons. The zero-order chi connectivity index (χ0) is 22.8. The van der Waals surface area contributed by atoms with Crippen LogP contribution >= 0.6 is 0 Å². The maximum Gasteiger partial charge on any atom is 0.319 e. The topological polar surface area (TPSA) is 109 Å². The molecule has 0 spiro atoms. The SMILES string of the molecule is COc1ccccc1NC(=O)c1ccc(NC(=O)CCNC(=O)Nc2ccccc2)cc1. The molecule has 0 aliphatic carbocycles. The number of benzene rings is 3. The van der Waals surface area contributed by atoms with Crippen molar-refractivity contribution in [3.05, 3.63) is 84.4 Å². The Labute approximate surface area is 186 Å². The van der Waals surface area contributed by atoms with Crippen molar-refractivity contribution in [3.63, 3.8) is 0 Å². The van der Waals surface area contributed by atoms with Gasteiger partial charge in [-0.15, -0.1) is 0 Å². The molecule has 32 heavy (non-hydrogen) atoms. The second kappa shape index (κ2) is 11.2. The lowest BCUT2D eigenvalue weighted by atomic mass is 10.2. The Morgan fingerprint density at radius 3 is 2.12 bits per heavy atom. The monoisotopic (exact) mass is 432 g/mol. The Kier molecular flexibility index (Phi) is 7.80. The molecule has 8 nitrogen and oxygen atoms in total. The molecule has 0 saturated heterocycles. The fourth-order valence-electron chi connectivity index (χ4n) is 2.86. The van der Waals surface area contributed by atoms with Crippen molar-refractivity contribution in [1.82, 2.24) is 5.32 Å². The third kappa shape index (κ3) is 6.60. The predicted molar refractivity (Wildman–Crippen MR) is 124 cm³/mol. The molecule has 0 radical (unpaired) electrons. The van der Waals surface area contributed by atoms with Crippen molar-refractivity contribution in [2.45, 2.75) is 6.42 Å². The van der Waals surface area contributed by atoms with E-state index in [2.05, 4.69) is 21.3 Å². The molecule has 0 saturated carbocycles. The maximum absolute atomic E-state index is 12.5. The first-order valence-corrected chi connectivity index (χ1v) is 9.99. The van der Waals surface area contributed by atoms with Crippen molar-refractivity contribution < 1.29 is 19.1 Å². The van der Waals surface area contributed by atoms with E-state index in [4.69, 9.17) is 4.74 Å². The van der Waals surface area contributed by atoms with Gasteiger partial charge < -0.3 is 26.0 Å². The van der Waals surface area contributed by atoms with Crippen LogP contribution in [0.1, 0.15) is 16.8 Å². The first-order valence-electron chi connectivity index (χ1n) is 9.99. The summed E-state index contributed by atoms with van der Waals surface area (Å²) in [7, 11) is 1.54. The van der Waals surface area contributed by atoms with Gasteiger partial charge >= 0.3 is 6.03 Å². The number of rotatable bonds is 8. The average molecular weight is 432 g/mol. The van der Waals surface area contributed by atoms with Gasteiger partial charge in [0.2, 0.25) is 5.91 Å². The van der Waals surface area contributed by atoms with Crippen molar-refractivity contribution in [3.8, 4) is 5.75 Å². The lowest BCUT2D eigenvalue weighted by Gasteiger charge is -2.11. The Morgan fingerprint density at radius 2 is 1.41 bits per heavy atom. The molecule has 0 unspecified atom stereocenters. The number of methoxy groups -OCH3 is 1. The molecular weight excluding hydrogens is 408 g/mol. The van der Waals surface area contributed by atoms with Crippen LogP contribution in [0, 0.1) is 0 Å². The highest BCUT2D eigenvalue weighted by atomic mass is 16.5. The van der Waals surface area contributed by atoms with E-state index in [9.17, 15) is 14.4 Å². The fourth-order valence-corrected chi connectivity index (χ4v) is 2.86. The largest absolute Gasteiger partial charge is 0.495 e. The van der Waals surface area contributed by atoms with Crippen LogP contribution in [0.5, 0.6) is 5.75 Å². The smallest absolute Gasteiger partial charge is 0.319 e. The van der Waals surface area contributed by atoms with Crippen LogP contribution in [-0.4, -0.2) is 31.5 Å². The number of para-hydroxylation sites is 3. The van der Waals surface area contributed by atoms with Crippen LogP contribution in [-0.2, 0) is 4.79 Å². The van der Waals surface area contributed by atoms with E-state index in [-0.39, 0.29) is 30.8 Å². The predicted octanol–water partition coefficient (Wildman–Crippen LogP) is 4.10. The van der Waals surface area contributed by atoms with Crippen LogP contribution in [0.25, 0.3) is 0 Å². The molecule has 8 heteroatoms. The van der Waals surface area contributed by atoms with Gasteiger partial charge in [-0.25, -0.2) is 4.79 Å². The maximum atomic E-state index is 12.5. The number of hydrogen-bond acceptors (Lipinski definition) is 4. The molecule has 3 aromatic rings. The number of anilines is 3. The summed E-state index contributed by atoms with van der Waals surface area (Å²) in [5, 5.41) is 10.8. The number of carbonyl (C=O) groups is 3. The second-order valence-electron chi connectivity index (χ2n) is 6.78. The van der Waals surface area contributed by atoms with Crippen LogP contribution in [0.4, 0.5) is 21.9 Å². The fraction of sp³-hybridized carbons (Fsp3) is 0.125. The number of hydrogen-bond donors (Lipinski definition) is 4. The summed E-state index contributed by atoms with van der Waals surface area (Å²) in [4.78, 5) is 36.4. The van der Waals surface area contributed by atoms with Gasteiger partial charge in [0.25, 0.3) is 5.91 Å². The highest BCUT2D eigenvalue weighted by Gasteiger charge is 2.10. The van der Waals surface area contributed by atoms with E-state index in [1.807, 2.05) is 24.3 Å². The van der Waals surface area contributed by atoms with Gasteiger partial charge in [-0.2, -0.15) is 0 Å². The molecule has 0 heterocycles. The van der Waals surface area contributed by atoms with Gasteiger partial charge in [0.05, 0.1) is 12.8 Å². The third-order valence-electron chi connectivity index (χ3n) is 4.46. The summed E-state index contributed by atoms with van der Waals surface area (Å²) >= 11 is 0. The summed E-state index contributed by atoms with van der Waals surface area (Å²) in [6.45, 7) is 0.184. The Bertz CT molecular complexity index is 1070. The average Bonchev–Trinajstić information content (AvgIpc) is 2.80. The minimum atomic E-state index is -0.380. The Balaban J connectivity index is 1.44. The Morgan fingerprint density at radius 1 is 0.750 bits per heavy atom. The summed E-state index contributed by atoms with van der Waals surface area (Å²) < 4.78 is 5.23. The first-order chi connectivity index (χ1) is 15.5. The molecule has 3 rings (SSSR count). The zero-order valence-electron chi connectivity index (χ0n) is 17.6. The second-order valence-corrected chi connectivity index (χ2v) is 6.78. The first kappa shape index (κ1) is 22.4. The number of carbonyl (C=O) groups excluding carboxylic acids is 3. The molecule has 0 fully saturated rings. The molecule has 0 aliphatic heterocycles.